The van der Waals surface area contributed by atoms with E-state index in [-0.39, 0.29) is 12.0 Å². The van der Waals surface area contributed by atoms with E-state index in [9.17, 15) is 4.79 Å². The Bertz CT molecular complexity index is 862. The minimum Gasteiger partial charge on any atom is -0.462 e. The number of nitrogens with one attached hydrogen (secondary N) is 2. The van der Waals surface area contributed by atoms with Crippen molar-refractivity contribution in [2.75, 3.05) is 11.9 Å². The zero-order valence-corrected chi connectivity index (χ0v) is 18.4. The van der Waals surface area contributed by atoms with Crippen LogP contribution in [0.1, 0.15) is 59.4 Å². The van der Waals surface area contributed by atoms with E-state index in [0.29, 0.717) is 23.2 Å². The maximum Gasteiger partial charge on any atom is 0.338 e. The Morgan fingerprint density at radius 3 is 2.46 bits per heavy atom. The number of carbonyl (C=O) groups excluding carboxylic acids is 1. The summed E-state index contributed by atoms with van der Waals surface area (Å²) in [5.74, 6) is 0.0333. The Morgan fingerprint density at radius 1 is 1.14 bits per heavy atom. The van der Waals surface area contributed by atoms with Crippen LogP contribution < -0.4 is 10.6 Å². The summed E-state index contributed by atoms with van der Waals surface area (Å²) in [5, 5.41) is 7.22. The SMILES string of the molecule is CCOC(=O)c1cccc(NC(=S)N[C@@H](c2ccc(C)cc2C)C(C)C)c1C. The topological polar surface area (TPSA) is 50.4 Å². The number of aryl methyl sites for hydroxylation is 2. The van der Waals surface area contributed by atoms with Crippen molar-refractivity contribution in [3.05, 3.63) is 64.2 Å². The van der Waals surface area contributed by atoms with Crippen molar-refractivity contribution in [3.63, 3.8) is 0 Å². The second kappa shape index (κ2) is 9.69. The van der Waals surface area contributed by atoms with E-state index in [1.807, 2.05) is 19.1 Å². The van der Waals surface area contributed by atoms with E-state index in [2.05, 4.69) is 56.5 Å². The predicted molar refractivity (Wildman–Crippen MR) is 120 cm³/mol. The normalized spacial score (nSPS) is 11.8. The van der Waals surface area contributed by atoms with Crippen LogP contribution in [0.25, 0.3) is 0 Å². The lowest BCUT2D eigenvalue weighted by Crippen LogP contribution is -2.35. The quantitative estimate of drug-likeness (QED) is 0.499. The van der Waals surface area contributed by atoms with Crippen molar-refractivity contribution in [1.29, 1.82) is 0 Å². The van der Waals surface area contributed by atoms with Crippen LogP contribution in [-0.4, -0.2) is 17.7 Å². The molecule has 150 valence electrons. The molecule has 0 aliphatic rings. The van der Waals surface area contributed by atoms with Crippen molar-refractivity contribution in [2.45, 2.75) is 47.6 Å². The molecule has 0 heterocycles. The Kier molecular flexibility index (Phi) is 7.58. The van der Waals surface area contributed by atoms with Crippen molar-refractivity contribution < 1.29 is 9.53 Å². The number of hydrogen-bond acceptors (Lipinski definition) is 3. The lowest BCUT2D eigenvalue weighted by Gasteiger charge is -2.27. The molecule has 0 amide bonds. The summed E-state index contributed by atoms with van der Waals surface area (Å²) in [7, 11) is 0. The lowest BCUT2D eigenvalue weighted by atomic mass is 9.92. The molecule has 2 aromatic carbocycles. The number of thiocarbonyl (C=S) groups is 1. The van der Waals surface area contributed by atoms with Crippen molar-refractivity contribution in [3.8, 4) is 0 Å². The maximum atomic E-state index is 12.1. The minimum atomic E-state index is -0.321. The molecule has 2 N–H and O–H groups in total. The molecule has 0 aliphatic carbocycles. The van der Waals surface area contributed by atoms with Gasteiger partial charge in [0.25, 0.3) is 0 Å². The molecule has 1 atom stereocenters. The molecule has 0 aliphatic heterocycles. The van der Waals surface area contributed by atoms with Gasteiger partial charge in [0.2, 0.25) is 0 Å². The summed E-state index contributed by atoms with van der Waals surface area (Å²) in [5.41, 5.74) is 5.89. The zero-order chi connectivity index (χ0) is 20.8. The van der Waals surface area contributed by atoms with E-state index in [1.54, 1.807) is 13.0 Å². The van der Waals surface area contributed by atoms with Crippen molar-refractivity contribution >= 4 is 29.0 Å². The number of esters is 1. The van der Waals surface area contributed by atoms with Gasteiger partial charge in [-0.25, -0.2) is 4.79 Å². The molecule has 0 saturated heterocycles. The molecule has 0 bridgehead atoms. The lowest BCUT2D eigenvalue weighted by molar-refractivity contribution is 0.0525. The molecule has 0 radical (unpaired) electrons. The number of anilines is 1. The first-order chi connectivity index (χ1) is 13.2. The summed E-state index contributed by atoms with van der Waals surface area (Å²) in [6.45, 7) is 12.6. The fourth-order valence-electron chi connectivity index (χ4n) is 3.28. The molecule has 0 aromatic heterocycles. The molecule has 0 spiro atoms. The van der Waals surface area contributed by atoms with Gasteiger partial charge in [-0.2, -0.15) is 0 Å². The van der Waals surface area contributed by atoms with Crippen LogP contribution in [0.3, 0.4) is 0 Å². The summed E-state index contributed by atoms with van der Waals surface area (Å²) >= 11 is 5.58. The molecule has 28 heavy (non-hydrogen) atoms. The molecular formula is C23H30N2O2S. The van der Waals surface area contributed by atoms with Gasteiger partial charge in [0.05, 0.1) is 18.2 Å². The third-order valence-electron chi connectivity index (χ3n) is 4.79. The highest BCUT2D eigenvalue weighted by Gasteiger charge is 2.19. The first-order valence-corrected chi connectivity index (χ1v) is 10.1. The highest BCUT2D eigenvalue weighted by molar-refractivity contribution is 7.80. The van der Waals surface area contributed by atoms with Gasteiger partial charge in [-0.1, -0.05) is 43.7 Å². The van der Waals surface area contributed by atoms with Gasteiger partial charge < -0.3 is 15.4 Å². The van der Waals surface area contributed by atoms with E-state index in [1.165, 1.54) is 16.7 Å². The fraction of sp³-hybridized carbons (Fsp3) is 0.391. The molecule has 2 rings (SSSR count). The molecule has 0 fully saturated rings. The average Bonchev–Trinajstić information content (AvgIpc) is 2.62. The largest absolute Gasteiger partial charge is 0.462 e. The van der Waals surface area contributed by atoms with Crippen LogP contribution >= 0.6 is 12.2 Å². The number of carbonyl (C=O) groups is 1. The van der Waals surface area contributed by atoms with Gasteiger partial charge in [0, 0.05) is 5.69 Å². The summed E-state index contributed by atoms with van der Waals surface area (Å²) < 4.78 is 5.13. The van der Waals surface area contributed by atoms with E-state index in [0.717, 1.165) is 11.3 Å². The van der Waals surface area contributed by atoms with Gasteiger partial charge in [0.15, 0.2) is 5.11 Å². The second-order valence-electron chi connectivity index (χ2n) is 7.38. The van der Waals surface area contributed by atoms with Crippen molar-refractivity contribution in [2.24, 2.45) is 5.92 Å². The summed E-state index contributed by atoms with van der Waals surface area (Å²) in [6, 6.07) is 12.1. The third kappa shape index (κ3) is 5.32. The van der Waals surface area contributed by atoms with Crippen LogP contribution in [0.2, 0.25) is 0 Å². The smallest absolute Gasteiger partial charge is 0.338 e. The zero-order valence-electron chi connectivity index (χ0n) is 17.6. The average molecular weight is 399 g/mol. The Labute approximate surface area is 173 Å². The fourth-order valence-corrected chi connectivity index (χ4v) is 3.52. The van der Waals surface area contributed by atoms with Crippen LogP contribution in [0.5, 0.6) is 0 Å². The van der Waals surface area contributed by atoms with Gasteiger partial charge in [-0.05, 0) is 74.7 Å². The summed E-state index contributed by atoms with van der Waals surface area (Å²) in [4.78, 5) is 12.1. The number of rotatable bonds is 6. The van der Waals surface area contributed by atoms with E-state index >= 15 is 0 Å². The third-order valence-corrected chi connectivity index (χ3v) is 5.01. The van der Waals surface area contributed by atoms with Gasteiger partial charge >= 0.3 is 5.97 Å². The first-order valence-electron chi connectivity index (χ1n) is 9.66. The number of benzene rings is 2. The predicted octanol–water partition coefficient (Wildman–Crippen LogP) is 5.47. The van der Waals surface area contributed by atoms with Crippen LogP contribution in [0, 0.1) is 26.7 Å². The van der Waals surface area contributed by atoms with E-state index < -0.39 is 0 Å². The number of ether oxygens (including phenoxy) is 1. The molecule has 0 saturated carbocycles. The molecule has 4 nitrogen and oxygen atoms in total. The standard InChI is InChI=1S/C23H30N2O2S/c1-7-27-22(26)19-9-8-10-20(17(19)6)24-23(28)25-21(14(2)3)18-12-11-15(4)13-16(18)5/h8-14,21H,7H2,1-6H3,(H2,24,25,28)/t21-/m1/s1. The van der Waals surface area contributed by atoms with Crippen LogP contribution in [0.15, 0.2) is 36.4 Å². The van der Waals surface area contributed by atoms with Crippen LogP contribution in [0.4, 0.5) is 5.69 Å². The minimum absolute atomic E-state index is 0.0918. The van der Waals surface area contributed by atoms with Gasteiger partial charge in [0.1, 0.15) is 0 Å². The summed E-state index contributed by atoms with van der Waals surface area (Å²) in [6.07, 6.45) is 0. The highest BCUT2D eigenvalue weighted by Crippen LogP contribution is 2.26. The Hall–Kier alpha value is -2.40. The van der Waals surface area contributed by atoms with E-state index in [4.69, 9.17) is 17.0 Å². The van der Waals surface area contributed by atoms with Gasteiger partial charge in [-0.3, -0.25) is 0 Å². The molecule has 0 unspecified atom stereocenters. The number of hydrogen-bond donors (Lipinski definition) is 2. The molecule has 5 heteroatoms. The second-order valence-corrected chi connectivity index (χ2v) is 7.79. The Balaban J connectivity index is 2.20. The monoisotopic (exact) mass is 398 g/mol. The highest BCUT2D eigenvalue weighted by atomic mass is 32.1. The molecule has 2 aromatic rings. The molecular weight excluding hydrogens is 368 g/mol. The van der Waals surface area contributed by atoms with Crippen LogP contribution in [-0.2, 0) is 4.74 Å². The van der Waals surface area contributed by atoms with Gasteiger partial charge in [-0.15, -0.1) is 0 Å². The van der Waals surface area contributed by atoms with Crippen molar-refractivity contribution in [1.82, 2.24) is 5.32 Å². The Morgan fingerprint density at radius 2 is 1.86 bits per heavy atom. The first kappa shape index (κ1) is 21.9. The maximum absolute atomic E-state index is 12.1.